The van der Waals surface area contributed by atoms with E-state index in [1.165, 1.54) is 11.8 Å². The third-order valence-corrected chi connectivity index (χ3v) is 5.76. The van der Waals surface area contributed by atoms with Gasteiger partial charge in [0.25, 0.3) is 11.5 Å². The number of nitrogens with zero attached hydrogens (tertiary/aromatic N) is 4. The van der Waals surface area contributed by atoms with E-state index in [0.29, 0.717) is 36.2 Å². The van der Waals surface area contributed by atoms with Crippen LogP contribution in [0.3, 0.4) is 0 Å². The molecule has 2 aromatic heterocycles. The molecule has 0 atom stereocenters. The van der Waals surface area contributed by atoms with Crippen molar-refractivity contribution >= 4 is 39.5 Å². The molecule has 0 saturated carbocycles. The Balaban J connectivity index is 1.46. The molecule has 4 rings (SSSR count). The first-order valence-corrected chi connectivity index (χ1v) is 10.6. The van der Waals surface area contributed by atoms with Crippen LogP contribution in [0.2, 0.25) is 0 Å². The Labute approximate surface area is 186 Å². The Hall–Kier alpha value is -3.01. The molecule has 0 bridgehead atoms. The van der Waals surface area contributed by atoms with Crippen LogP contribution >= 0.6 is 22.6 Å². The maximum Gasteiger partial charge on any atom is 0.264 e. The van der Waals surface area contributed by atoms with Crippen molar-refractivity contribution in [1.82, 2.24) is 24.6 Å². The second-order valence-corrected chi connectivity index (χ2v) is 8.17. The van der Waals surface area contributed by atoms with Crippen molar-refractivity contribution in [2.24, 2.45) is 0 Å². The van der Waals surface area contributed by atoms with Gasteiger partial charge < -0.3 is 5.32 Å². The highest BCUT2D eigenvalue weighted by Gasteiger charge is 2.12. The van der Waals surface area contributed by atoms with Crippen LogP contribution in [0.15, 0.2) is 65.8 Å². The highest BCUT2D eigenvalue weighted by atomic mass is 127. The molecule has 0 radical (unpaired) electrons. The van der Waals surface area contributed by atoms with Crippen LogP contribution in [0.25, 0.3) is 11.0 Å². The predicted molar refractivity (Wildman–Crippen MR) is 124 cm³/mol. The lowest BCUT2D eigenvalue weighted by Gasteiger charge is -2.08. The lowest BCUT2D eigenvalue weighted by atomic mass is 10.1. The summed E-state index contributed by atoms with van der Waals surface area (Å²) in [6.45, 7) is 3.29. The highest BCUT2D eigenvalue weighted by molar-refractivity contribution is 14.1. The number of aryl methyl sites for hydroxylation is 1. The summed E-state index contributed by atoms with van der Waals surface area (Å²) in [6.07, 6.45) is 3.09. The van der Waals surface area contributed by atoms with E-state index in [-0.39, 0.29) is 11.5 Å². The first kappa shape index (κ1) is 20.3. The number of hydrogen-bond donors (Lipinski definition) is 1. The molecule has 0 aliphatic carbocycles. The van der Waals surface area contributed by atoms with Gasteiger partial charge in [0, 0.05) is 10.1 Å². The predicted octanol–water partition coefficient (Wildman–Crippen LogP) is 2.98. The average Bonchev–Trinajstić information content (AvgIpc) is 3.15. The van der Waals surface area contributed by atoms with E-state index in [4.69, 9.17) is 0 Å². The molecule has 0 unspecified atom stereocenters. The van der Waals surface area contributed by atoms with Crippen molar-refractivity contribution < 1.29 is 4.79 Å². The van der Waals surface area contributed by atoms with Crippen molar-refractivity contribution in [2.75, 3.05) is 6.54 Å². The number of nitrogens with one attached hydrogen (secondary N) is 1. The fourth-order valence-electron chi connectivity index (χ4n) is 3.18. The summed E-state index contributed by atoms with van der Waals surface area (Å²) in [6, 6.07) is 15.5. The van der Waals surface area contributed by atoms with Gasteiger partial charge in [0.05, 0.1) is 24.8 Å². The van der Waals surface area contributed by atoms with Crippen molar-refractivity contribution in [3.8, 4) is 0 Å². The molecule has 4 aromatic rings. The summed E-state index contributed by atoms with van der Waals surface area (Å²) >= 11 is 2.14. The molecule has 1 N–H and O–H groups in total. The quantitative estimate of drug-likeness (QED) is 0.402. The number of amides is 1. The molecule has 0 aliphatic rings. The lowest BCUT2D eigenvalue weighted by molar-refractivity contribution is 0.0951. The second-order valence-electron chi connectivity index (χ2n) is 7.00. The van der Waals surface area contributed by atoms with Gasteiger partial charge in [-0.3, -0.25) is 14.2 Å². The standard InChI is InChI=1S/C22H20IN5O2/c1-15-6-8-16(9-7-15)13-27-14-25-20-18(22(27)30)12-26-28(20)11-10-24-21(29)17-4-2-3-5-19(17)23/h2-9,12,14H,10-11,13H2,1H3,(H,24,29). The van der Waals surface area contributed by atoms with Crippen LogP contribution in [-0.4, -0.2) is 31.8 Å². The van der Waals surface area contributed by atoms with Crippen LogP contribution in [-0.2, 0) is 13.1 Å². The minimum Gasteiger partial charge on any atom is -0.350 e. The van der Waals surface area contributed by atoms with Crippen LogP contribution in [0.4, 0.5) is 0 Å². The molecule has 2 heterocycles. The van der Waals surface area contributed by atoms with Crippen molar-refractivity contribution in [3.63, 3.8) is 0 Å². The first-order chi connectivity index (χ1) is 14.5. The summed E-state index contributed by atoms with van der Waals surface area (Å²) in [5, 5.41) is 7.65. The Morgan fingerprint density at radius 3 is 2.67 bits per heavy atom. The molecule has 0 fully saturated rings. The second kappa shape index (κ2) is 8.78. The number of carbonyl (C=O) groups is 1. The fourth-order valence-corrected chi connectivity index (χ4v) is 3.81. The first-order valence-electron chi connectivity index (χ1n) is 9.52. The Morgan fingerprint density at radius 1 is 1.13 bits per heavy atom. The molecular formula is C22H20IN5O2. The lowest BCUT2D eigenvalue weighted by Crippen LogP contribution is -2.28. The van der Waals surface area contributed by atoms with Gasteiger partial charge in [-0.05, 0) is 47.2 Å². The number of carbonyl (C=O) groups excluding carboxylic acids is 1. The average molecular weight is 513 g/mol. The smallest absolute Gasteiger partial charge is 0.264 e. The summed E-state index contributed by atoms with van der Waals surface area (Å²) in [7, 11) is 0. The minimum atomic E-state index is -0.134. The number of fused-ring (bicyclic) bond motifs is 1. The van der Waals surface area contributed by atoms with Gasteiger partial charge in [0.1, 0.15) is 11.7 Å². The van der Waals surface area contributed by atoms with Gasteiger partial charge in [-0.2, -0.15) is 5.10 Å². The van der Waals surface area contributed by atoms with Gasteiger partial charge in [-0.1, -0.05) is 42.0 Å². The SMILES string of the molecule is Cc1ccc(Cn2cnc3c(cnn3CCNC(=O)c3ccccc3I)c2=O)cc1. The van der Waals surface area contributed by atoms with E-state index >= 15 is 0 Å². The number of aromatic nitrogens is 4. The maximum atomic E-state index is 12.8. The number of hydrogen-bond acceptors (Lipinski definition) is 4. The van der Waals surface area contributed by atoms with Crippen LogP contribution in [0, 0.1) is 10.5 Å². The minimum absolute atomic E-state index is 0.130. The molecule has 7 nitrogen and oxygen atoms in total. The fraction of sp³-hybridized carbons (Fsp3) is 0.182. The molecule has 8 heteroatoms. The van der Waals surface area contributed by atoms with Crippen molar-refractivity contribution in [1.29, 1.82) is 0 Å². The van der Waals surface area contributed by atoms with E-state index in [1.54, 1.807) is 21.6 Å². The van der Waals surface area contributed by atoms with E-state index in [1.807, 2.05) is 49.4 Å². The molecule has 1 amide bonds. The molecule has 0 aliphatic heterocycles. The van der Waals surface area contributed by atoms with Crippen LogP contribution in [0.5, 0.6) is 0 Å². The number of rotatable bonds is 6. The monoisotopic (exact) mass is 513 g/mol. The van der Waals surface area contributed by atoms with E-state index in [0.717, 1.165) is 9.13 Å². The molecule has 2 aromatic carbocycles. The zero-order chi connectivity index (χ0) is 21.1. The summed E-state index contributed by atoms with van der Waals surface area (Å²) in [4.78, 5) is 29.6. The Kier molecular flexibility index (Phi) is 5.93. The maximum absolute atomic E-state index is 12.8. The third-order valence-electron chi connectivity index (χ3n) is 4.82. The Morgan fingerprint density at radius 2 is 1.90 bits per heavy atom. The van der Waals surface area contributed by atoms with Crippen molar-refractivity contribution in [2.45, 2.75) is 20.0 Å². The highest BCUT2D eigenvalue weighted by Crippen LogP contribution is 2.11. The molecule has 0 saturated heterocycles. The van der Waals surface area contributed by atoms with Gasteiger partial charge >= 0.3 is 0 Å². The molecule has 152 valence electrons. The zero-order valence-electron chi connectivity index (χ0n) is 16.4. The van der Waals surface area contributed by atoms with Crippen molar-refractivity contribution in [3.05, 3.63) is 91.7 Å². The van der Waals surface area contributed by atoms with Gasteiger partial charge in [0.2, 0.25) is 0 Å². The van der Waals surface area contributed by atoms with E-state index < -0.39 is 0 Å². The largest absolute Gasteiger partial charge is 0.350 e. The molecule has 30 heavy (non-hydrogen) atoms. The Bertz CT molecular complexity index is 1260. The van der Waals surface area contributed by atoms with Crippen LogP contribution in [0.1, 0.15) is 21.5 Å². The van der Waals surface area contributed by atoms with E-state index in [9.17, 15) is 9.59 Å². The summed E-state index contributed by atoms with van der Waals surface area (Å²) in [5.41, 5.74) is 3.24. The summed E-state index contributed by atoms with van der Waals surface area (Å²) in [5.74, 6) is -0.134. The number of halogens is 1. The van der Waals surface area contributed by atoms with Gasteiger partial charge in [-0.25, -0.2) is 9.67 Å². The van der Waals surface area contributed by atoms with Gasteiger partial charge in [0.15, 0.2) is 5.65 Å². The van der Waals surface area contributed by atoms with E-state index in [2.05, 4.69) is 38.0 Å². The topological polar surface area (TPSA) is 81.8 Å². The molecule has 0 spiro atoms. The molecular weight excluding hydrogens is 493 g/mol. The third kappa shape index (κ3) is 4.28. The normalized spacial score (nSPS) is 11.0. The summed E-state index contributed by atoms with van der Waals surface area (Å²) < 4.78 is 4.12. The van der Waals surface area contributed by atoms with Gasteiger partial charge in [-0.15, -0.1) is 0 Å². The van der Waals surface area contributed by atoms with Crippen LogP contribution < -0.4 is 10.9 Å². The zero-order valence-corrected chi connectivity index (χ0v) is 18.5. The number of benzene rings is 2.